The van der Waals surface area contributed by atoms with Crippen LogP contribution in [0.4, 0.5) is 0 Å². The van der Waals surface area contributed by atoms with Crippen molar-refractivity contribution in [2.45, 2.75) is 13.2 Å². The van der Waals surface area contributed by atoms with Crippen molar-refractivity contribution in [3.8, 4) is 11.5 Å². The number of hydrogen-bond acceptors (Lipinski definition) is 4. The Morgan fingerprint density at radius 3 is 2.57 bits per heavy atom. The molecule has 2 N–H and O–H groups in total. The summed E-state index contributed by atoms with van der Waals surface area (Å²) in [6.07, 6.45) is 0. The molecule has 76 valence electrons. The Labute approximate surface area is 82.6 Å². The third-order valence-electron chi connectivity index (χ3n) is 2.20. The third-order valence-corrected chi connectivity index (χ3v) is 2.20. The maximum Gasteiger partial charge on any atom is 0.231 e. The molecular weight excluding hydrogens is 182 g/mol. The van der Waals surface area contributed by atoms with Gasteiger partial charge in [-0.05, 0) is 0 Å². The lowest BCUT2D eigenvalue weighted by atomic mass is 10.1. The number of rotatable bonds is 3. The molecule has 0 aromatic heterocycles. The molecule has 4 heteroatoms. The maximum atomic E-state index is 5.58. The fourth-order valence-corrected chi connectivity index (χ4v) is 1.54. The molecule has 2 rings (SSSR count). The van der Waals surface area contributed by atoms with Crippen molar-refractivity contribution in [2.75, 3.05) is 13.9 Å². The molecule has 0 amide bonds. The van der Waals surface area contributed by atoms with Gasteiger partial charge in [0.15, 0.2) is 11.5 Å². The standard InChI is InChI=1S/C10H13NO3/c1-12-5-8-3-2-7(4-11)9-10(8)14-6-13-9/h2-3H,4-6,11H2,1H3. The lowest BCUT2D eigenvalue weighted by Gasteiger charge is -2.07. The van der Waals surface area contributed by atoms with E-state index in [0.717, 1.165) is 22.6 Å². The molecule has 1 aromatic carbocycles. The Bertz CT molecular complexity index is 338. The van der Waals surface area contributed by atoms with Crippen LogP contribution in [0, 0.1) is 0 Å². The van der Waals surface area contributed by atoms with Gasteiger partial charge in [-0.25, -0.2) is 0 Å². The molecule has 0 atom stereocenters. The van der Waals surface area contributed by atoms with E-state index in [1.807, 2.05) is 12.1 Å². The predicted octanol–water partition coefficient (Wildman–Crippen LogP) is 1.02. The Hall–Kier alpha value is -1.26. The Balaban J connectivity index is 2.42. The first kappa shape index (κ1) is 9.30. The van der Waals surface area contributed by atoms with E-state index in [9.17, 15) is 0 Å². The van der Waals surface area contributed by atoms with Crippen molar-refractivity contribution >= 4 is 0 Å². The van der Waals surface area contributed by atoms with Crippen LogP contribution < -0.4 is 15.2 Å². The molecule has 1 aliphatic rings. The Morgan fingerprint density at radius 2 is 1.93 bits per heavy atom. The molecular formula is C10H13NO3. The molecule has 0 radical (unpaired) electrons. The van der Waals surface area contributed by atoms with Gasteiger partial charge < -0.3 is 19.9 Å². The number of hydrogen-bond donors (Lipinski definition) is 1. The van der Waals surface area contributed by atoms with Crippen LogP contribution in [0.25, 0.3) is 0 Å². The molecule has 0 bridgehead atoms. The molecule has 1 aliphatic heterocycles. The first-order chi connectivity index (χ1) is 6.86. The van der Waals surface area contributed by atoms with Crippen LogP contribution in [0.5, 0.6) is 11.5 Å². The minimum absolute atomic E-state index is 0.267. The quantitative estimate of drug-likeness (QED) is 0.782. The Kier molecular flexibility index (Phi) is 2.56. The zero-order valence-corrected chi connectivity index (χ0v) is 8.08. The average molecular weight is 195 g/mol. The second kappa shape index (κ2) is 3.86. The number of benzene rings is 1. The second-order valence-corrected chi connectivity index (χ2v) is 3.09. The van der Waals surface area contributed by atoms with Crippen molar-refractivity contribution in [1.82, 2.24) is 0 Å². The van der Waals surface area contributed by atoms with Crippen molar-refractivity contribution in [3.05, 3.63) is 23.3 Å². The summed E-state index contributed by atoms with van der Waals surface area (Å²) < 4.78 is 15.8. The lowest BCUT2D eigenvalue weighted by Crippen LogP contribution is -1.99. The minimum Gasteiger partial charge on any atom is -0.453 e. The van der Waals surface area contributed by atoms with E-state index in [0.29, 0.717) is 13.2 Å². The summed E-state index contributed by atoms with van der Waals surface area (Å²) in [4.78, 5) is 0. The molecule has 0 spiro atoms. The number of methoxy groups -OCH3 is 1. The molecule has 1 aromatic rings. The van der Waals surface area contributed by atoms with Crippen LogP contribution in [0.2, 0.25) is 0 Å². The van der Waals surface area contributed by atoms with Gasteiger partial charge in [-0.15, -0.1) is 0 Å². The van der Waals surface area contributed by atoms with E-state index < -0.39 is 0 Å². The van der Waals surface area contributed by atoms with Crippen LogP contribution in [-0.4, -0.2) is 13.9 Å². The summed E-state index contributed by atoms with van der Waals surface area (Å²) >= 11 is 0. The molecule has 0 aliphatic carbocycles. The average Bonchev–Trinajstić information content (AvgIpc) is 2.67. The van der Waals surface area contributed by atoms with E-state index >= 15 is 0 Å². The first-order valence-electron chi connectivity index (χ1n) is 4.46. The number of ether oxygens (including phenoxy) is 3. The minimum atomic E-state index is 0.267. The molecule has 0 fully saturated rings. The summed E-state index contributed by atoms with van der Waals surface area (Å²) in [5.41, 5.74) is 7.55. The highest BCUT2D eigenvalue weighted by Gasteiger charge is 2.20. The van der Waals surface area contributed by atoms with Crippen molar-refractivity contribution in [1.29, 1.82) is 0 Å². The van der Waals surface area contributed by atoms with E-state index in [2.05, 4.69) is 0 Å². The topological polar surface area (TPSA) is 53.7 Å². The SMILES string of the molecule is COCc1ccc(CN)c2c1OCO2. The van der Waals surface area contributed by atoms with Crippen LogP contribution in [-0.2, 0) is 17.9 Å². The third kappa shape index (κ3) is 1.42. The van der Waals surface area contributed by atoms with Gasteiger partial charge in [-0.3, -0.25) is 0 Å². The van der Waals surface area contributed by atoms with Gasteiger partial charge in [0.05, 0.1) is 6.61 Å². The number of nitrogens with two attached hydrogens (primary N) is 1. The highest BCUT2D eigenvalue weighted by molar-refractivity contribution is 5.53. The van der Waals surface area contributed by atoms with Gasteiger partial charge in [0, 0.05) is 24.8 Å². The first-order valence-corrected chi connectivity index (χ1v) is 4.46. The fourth-order valence-electron chi connectivity index (χ4n) is 1.54. The molecule has 1 heterocycles. The molecule has 0 saturated carbocycles. The summed E-state index contributed by atoms with van der Waals surface area (Å²) in [6.45, 7) is 1.25. The van der Waals surface area contributed by atoms with Gasteiger partial charge in [0.25, 0.3) is 0 Å². The van der Waals surface area contributed by atoms with Crippen LogP contribution in [0.15, 0.2) is 12.1 Å². The summed E-state index contributed by atoms with van der Waals surface area (Å²) in [5, 5.41) is 0. The van der Waals surface area contributed by atoms with Gasteiger partial charge in [0.1, 0.15) is 0 Å². The van der Waals surface area contributed by atoms with Crippen LogP contribution in [0.3, 0.4) is 0 Å². The fraction of sp³-hybridized carbons (Fsp3) is 0.400. The molecule has 0 unspecified atom stereocenters. The highest BCUT2D eigenvalue weighted by Crippen LogP contribution is 2.38. The summed E-state index contributed by atoms with van der Waals surface area (Å²) in [5.74, 6) is 1.54. The second-order valence-electron chi connectivity index (χ2n) is 3.09. The zero-order valence-electron chi connectivity index (χ0n) is 8.08. The van der Waals surface area contributed by atoms with Crippen molar-refractivity contribution < 1.29 is 14.2 Å². The van der Waals surface area contributed by atoms with Crippen LogP contribution >= 0.6 is 0 Å². The normalized spacial score (nSPS) is 13.3. The van der Waals surface area contributed by atoms with Gasteiger partial charge in [0.2, 0.25) is 6.79 Å². The monoisotopic (exact) mass is 195 g/mol. The largest absolute Gasteiger partial charge is 0.453 e. The van der Waals surface area contributed by atoms with Crippen LogP contribution in [0.1, 0.15) is 11.1 Å². The van der Waals surface area contributed by atoms with Gasteiger partial charge >= 0.3 is 0 Å². The van der Waals surface area contributed by atoms with Gasteiger partial charge in [-0.2, -0.15) is 0 Å². The summed E-state index contributed by atoms with van der Waals surface area (Å²) in [6, 6.07) is 3.90. The van der Waals surface area contributed by atoms with E-state index in [1.165, 1.54) is 0 Å². The predicted molar refractivity (Wildman–Crippen MR) is 51.2 cm³/mol. The number of fused-ring (bicyclic) bond motifs is 1. The summed E-state index contributed by atoms with van der Waals surface area (Å²) in [7, 11) is 1.65. The lowest BCUT2D eigenvalue weighted by molar-refractivity contribution is 0.162. The van der Waals surface area contributed by atoms with Crippen molar-refractivity contribution in [3.63, 3.8) is 0 Å². The maximum absolute atomic E-state index is 5.58. The molecule has 0 saturated heterocycles. The van der Waals surface area contributed by atoms with Crippen molar-refractivity contribution in [2.24, 2.45) is 5.73 Å². The van der Waals surface area contributed by atoms with E-state index in [4.69, 9.17) is 19.9 Å². The van der Waals surface area contributed by atoms with E-state index in [1.54, 1.807) is 7.11 Å². The molecule has 4 nitrogen and oxygen atoms in total. The van der Waals surface area contributed by atoms with E-state index in [-0.39, 0.29) is 6.79 Å². The highest BCUT2D eigenvalue weighted by atomic mass is 16.7. The Morgan fingerprint density at radius 1 is 1.29 bits per heavy atom. The van der Waals surface area contributed by atoms with Gasteiger partial charge in [-0.1, -0.05) is 12.1 Å². The molecule has 14 heavy (non-hydrogen) atoms. The smallest absolute Gasteiger partial charge is 0.231 e. The zero-order chi connectivity index (χ0) is 9.97.